The van der Waals surface area contributed by atoms with Gasteiger partial charge in [-0.15, -0.1) is 0 Å². The summed E-state index contributed by atoms with van der Waals surface area (Å²) in [6, 6.07) is 0. The van der Waals surface area contributed by atoms with Crippen molar-refractivity contribution in [3.8, 4) is 0 Å². The molecule has 0 N–H and O–H groups in total. The maximum Gasteiger partial charge on any atom is 0.320 e. The van der Waals surface area contributed by atoms with E-state index >= 15 is 0 Å². The SMILES string of the molecule is O=C(CN1CCOCC1)OC1CCCCCCCCCCC1. The fourth-order valence-corrected chi connectivity index (χ4v) is 3.41. The standard InChI is InChI=1S/C18H33NO3/c20-18(16-19-12-14-21-15-13-19)22-17-10-8-6-4-2-1-3-5-7-9-11-17/h17H,1-16H2. The summed E-state index contributed by atoms with van der Waals surface area (Å²) in [5, 5.41) is 0. The van der Waals surface area contributed by atoms with Gasteiger partial charge in [0.15, 0.2) is 0 Å². The largest absolute Gasteiger partial charge is 0.461 e. The Hall–Kier alpha value is -0.610. The first-order chi connectivity index (χ1) is 10.8. The lowest BCUT2D eigenvalue weighted by molar-refractivity contribution is -0.152. The van der Waals surface area contributed by atoms with Gasteiger partial charge in [-0.25, -0.2) is 0 Å². The van der Waals surface area contributed by atoms with E-state index in [1.165, 1.54) is 57.8 Å². The molecular formula is C18H33NO3. The molecule has 1 saturated carbocycles. The van der Waals surface area contributed by atoms with Gasteiger partial charge in [-0.3, -0.25) is 9.69 Å². The highest BCUT2D eigenvalue weighted by Gasteiger charge is 2.19. The van der Waals surface area contributed by atoms with Crippen molar-refractivity contribution in [2.24, 2.45) is 0 Å². The van der Waals surface area contributed by atoms with Gasteiger partial charge in [-0.1, -0.05) is 44.9 Å². The van der Waals surface area contributed by atoms with Gasteiger partial charge < -0.3 is 9.47 Å². The number of carbonyl (C=O) groups excluding carboxylic acids is 1. The molecule has 2 aliphatic rings. The van der Waals surface area contributed by atoms with Crippen molar-refractivity contribution < 1.29 is 14.3 Å². The molecule has 0 atom stereocenters. The zero-order valence-electron chi connectivity index (χ0n) is 14.1. The smallest absolute Gasteiger partial charge is 0.320 e. The van der Waals surface area contributed by atoms with Gasteiger partial charge >= 0.3 is 5.97 Å². The third-order valence-corrected chi connectivity index (χ3v) is 4.81. The van der Waals surface area contributed by atoms with Crippen molar-refractivity contribution in [2.75, 3.05) is 32.8 Å². The minimum atomic E-state index is -0.0426. The van der Waals surface area contributed by atoms with Gasteiger partial charge in [-0.05, 0) is 25.7 Å². The van der Waals surface area contributed by atoms with Gasteiger partial charge in [0.2, 0.25) is 0 Å². The number of esters is 1. The lowest BCUT2D eigenvalue weighted by Crippen LogP contribution is -2.40. The van der Waals surface area contributed by atoms with Crippen LogP contribution < -0.4 is 0 Å². The van der Waals surface area contributed by atoms with Crippen molar-refractivity contribution in [1.29, 1.82) is 0 Å². The Morgan fingerprint density at radius 2 is 1.36 bits per heavy atom. The topological polar surface area (TPSA) is 38.8 Å². The summed E-state index contributed by atoms with van der Waals surface area (Å²) < 4.78 is 11.1. The second-order valence-electron chi connectivity index (χ2n) is 6.76. The Bertz CT molecular complexity index is 291. The predicted molar refractivity (Wildman–Crippen MR) is 87.9 cm³/mol. The normalized spacial score (nSPS) is 24.2. The minimum absolute atomic E-state index is 0.0426. The Morgan fingerprint density at radius 1 is 0.864 bits per heavy atom. The van der Waals surface area contributed by atoms with E-state index in [0.717, 1.165) is 39.1 Å². The second kappa shape index (κ2) is 11.0. The van der Waals surface area contributed by atoms with Gasteiger partial charge in [0.05, 0.1) is 19.8 Å². The third-order valence-electron chi connectivity index (χ3n) is 4.81. The summed E-state index contributed by atoms with van der Waals surface area (Å²) in [5.41, 5.74) is 0. The van der Waals surface area contributed by atoms with Crippen LogP contribution in [0.1, 0.15) is 70.6 Å². The molecule has 0 radical (unpaired) electrons. The first kappa shape index (κ1) is 17.7. The summed E-state index contributed by atoms with van der Waals surface area (Å²) in [6.45, 7) is 3.59. The van der Waals surface area contributed by atoms with E-state index in [9.17, 15) is 4.79 Å². The first-order valence-corrected chi connectivity index (χ1v) is 9.34. The quantitative estimate of drug-likeness (QED) is 0.747. The molecule has 128 valence electrons. The van der Waals surface area contributed by atoms with E-state index in [-0.39, 0.29) is 12.1 Å². The van der Waals surface area contributed by atoms with Crippen LogP contribution in [0.3, 0.4) is 0 Å². The van der Waals surface area contributed by atoms with Crippen LogP contribution in [0, 0.1) is 0 Å². The highest BCUT2D eigenvalue weighted by atomic mass is 16.5. The molecule has 4 nitrogen and oxygen atoms in total. The minimum Gasteiger partial charge on any atom is -0.461 e. The number of ether oxygens (including phenoxy) is 2. The maximum atomic E-state index is 12.1. The van der Waals surface area contributed by atoms with Crippen LogP contribution in [0.15, 0.2) is 0 Å². The first-order valence-electron chi connectivity index (χ1n) is 9.34. The molecule has 0 aromatic heterocycles. The van der Waals surface area contributed by atoms with Crippen LogP contribution in [-0.4, -0.2) is 49.8 Å². The highest BCUT2D eigenvalue weighted by molar-refractivity contribution is 5.71. The van der Waals surface area contributed by atoms with Gasteiger partial charge in [-0.2, -0.15) is 0 Å². The average Bonchev–Trinajstić information content (AvgIpc) is 2.51. The molecule has 2 fully saturated rings. The predicted octanol–water partition coefficient (Wildman–Crippen LogP) is 3.54. The monoisotopic (exact) mass is 311 g/mol. The molecule has 1 aliphatic carbocycles. The molecule has 0 unspecified atom stereocenters. The van der Waals surface area contributed by atoms with Crippen LogP contribution in [0.25, 0.3) is 0 Å². The molecular weight excluding hydrogens is 278 g/mol. The number of hydrogen-bond donors (Lipinski definition) is 0. The molecule has 0 aromatic rings. The van der Waals surface area contributed by atoms with Gasteiger partial charge in [0.1, 0.15) is 6.10 Å². The molecule has 22 heavy (non-hydrogen) atoms. The third kappa shape index (κ3) is 7.59. The molecule has 0 spiro atoms. The van der Waals surface area contributed by atoms with Crippen LogP contribution >= 0.6 is 0 Å². The van der Waals surface area contributed by atoms with E-state index in [4.69, 9.17) is 9.47 Å². The molecule has 0 bridgehead atoms. The Kier molecular flexibility index (Phi) is 8.88. The lowest BCUT2D eigenvalue weighted by atomic mass is 9.99. The Balaban J connectivity index is 1.70. The van der Waals surface area contributed by atoms with Crippen LogP contribution in [0.2, 0.25) is 0 Å². The summed E-state index contributed by atoms with van der Waals surface area (Å²) >= 11 is 0. The highest BCUT2D eigenvalue weighted by Crippen LogP contribution is 2.19. The molecule has 1 heterocycles. The lowest BCUT2D eigenvalue weighted by Gasteiger charge is -2.26. The number of hydrogen-bond acceptors (Lipinski definition) is 4. The fourth-order valence-electron chi connectivity index (χ4n) is 3.41. The number of nitrogens with zero attached hydrogens (tertiary/aromatic N) is 1. The number of carbonyl (C=O) groups is 1. The van der Waals surface area contributed by atoms with E-state index < -0.39 is 0 Å². The molecule has 0 aromatic carbocycles. The van der Waals surface area contributed by atoms with Gasteiger partial charge in [0, 0.05) is 13.1 Å². The van der Waals surface area contributed by atoms with Crippen molar-refractivity contribution in [1.82, 2.24) is 4.90 Å². The van der Waals surface area contributed by atoms with E-state index in [2.05, 4.69) is 4.90 Å². The summed E-state index contributed by atoms with van der Waals surface area (Å²) in [6.07, 6.45) is 14.1. The summed E-state index contributed by atoms with van der Waals surface area (Å²) in [4.78, 5) is 14.3. The van der Waals surface area contributed by atoms with Crippen molar-refractivity contribution in [3.05, 3.63) is 0 Å². The molecule has 0 amide bonds. The molecule has 1 aliphatic heterocycles. The average molecular weight is 311 g/mol. The number of morpholine rings is 1. The number of rotatable bonds is 3. The van der Waals surface area contributed by atoms with Crippen molar-refractivity contribution in [2.45, 2.75) is 76.7 Å². The van der Waals surface area contributed by atoms with Crippen LogP contribution in [0.5, 0.6) is 0 Å². The van der Waals surface area contributed by atoms with E-state index in [1.54, 1.807) is 0 Å². The summed E-state index contributed by atoms with van der Waals surface area (Å²) in [7, 11) is 0. The van der Waals surface area contributed by atoms with Gasteiger partial charge in [0.25, 0.3) is 0 Å². The summed E-state index contributed by atoms with van der Waals surface area (Å²) in [5.74, 6) is -0.0426. The zero-order valence-corrected chi connectivity index (χ0v) is 14.1. The van der Waals surface area contributed by atoms with E-state index in [0.29, 0.717) is 6.54 Å². The van der Waals surface area contributed by atoms with Crippen molar-refractivity contribution in [3.63, 3.8) is 0 Å². The molecule has 1 saturated heterocycles. The van der Waals surface area contributed by atoms with Crippen LogP contribution in [0.4, 0.5) is 0 Å². The maximum absolute atomic E-state index is 12.1. The Morgan fingerprint density at radius 3 is 1.91 bits per heavy atom. The Labute approximate surface area is 135 Å². The van der Waals surface area contributed by atoms with Crippen LogP contribution in [-0.2, 0) is 14.3 Å². The fraction of sp³-hybridized carbons (Fsp3) is 0.944. The molecule has 2 rings (SSSR count). The van der Waals surface area contributed by atoms with Crippen molar-refractivity contribution >= 4 is 5.97 Å². The van der Waals surface area contributed by atoms with E-state index in [1.807, 2.05) is 0 Å². The molecule has 4 heteroatoms. The second-order valence-corrected chi connectivity index (χ2v) is 6.76. The zero-order chi connectivity index (χ0) is 15.5.